The van der Waals surface area contributed by atoms with Gasteiger partial charge in [0.05, 0.1) is 57.6 Å². The molecule has 0 fully saturated rings. The highest BCUT2D eigenvalue weighted by Gasteiger charge is 2.18. The summed E-state index contributed by atoms with van der Waals surface area (Å²) in [4.78, 5) is 9.52. The lowest BCUT2D eigenvalue weighted by Crippen LogP contribution is -1.94. The molecule has 0 saturated carbocycles. The van der Waals surface area contributed by atoms with Gasteiger partial charge in [0.15, 0.2) is 0 Å². The van der Waals surface area contributed by atoms with E-state index in [4.69, 9.17) is 14.4 Å². The van der Waals surface area contributed by atoms with E-state index in [1.165, 1.54) is 0 Å². The molecule has 0 spiro atoms. The predicted molar refractivity (Wildman–Crippen MR) is 200 cm³/mol. The number of fused-ring (bicyclic) bond motifs is 9. The van der Waals surface area contributed by atoms with Crippen LogP contribution >= 0.6 is 0 Å². The Morgan fingerprint density at radius 3 is 1.27 bits per heavy atom. The minimum atomic E-state index is 0.551. The van der Waals surface area contributed by atoms with Crippen molar-refractivity contribution in [3.8, 4) is 33.6 Å². The molecule has 0 N–H and O–H groups in total. The maximum Gasteiger partial charge on any atom is 0.229 e. The van der Waals surface area contributed by atoms with Crippen LogP contribution in [0.1, 0.15) is 0 Å². The summed E-state index contributed by atoms with van der Waals surface area (Å²) in [6.45, 7) is 0. The van der Waals surface area contributed by atoms with Gasteiger partial charge in [-0.3, -0.25) is 0 Å². The molecule has 238 valence electrons. The van der Waals surface area contributed by atoms with Gasteiger partial charge in [0.2, 0.25) is 11.4 Å². The smallest absolute Gasteiger partial charge is 0.229 e. The third-order valence-electron chi connectivity index (χ3n) is 9.84. The number of benzene rings is 4. The minimum absolute atomic E-state index is 0.551. The molecular weight excluding hydrogens is 633 g/mol. The third kappa shape index (κ3) is 4.15. The lowest BCUT2D eigenvalue weighted by Gasteiger charge is -2.09. The van der Waals surface area contributed by atoms with Gasteiger partial charge >= 0.3 is 0 Å². The quantitative estimate of drug-likeness (QED) is 0.186. The number of hydrogen-bond donors (Lipinski definition) is 0. The molecule has 0 unspecified atom stereocenters. The number of pyridine rings is 2. The highest BCUT2D eigenvalue weighted by molar-refractivity contribution is 6.11. The van der Waals surface area contributed by atoms with Gasteiger partial charge in [-0.25, -0.2) is 9.97 Å². The Morgan fingerprint density at radius 2 is 0.804 bits per heavy atom. The molecule has 0 atom stereocenters. The molecular formula is C42H24N8O. The highest BCUT2D eigenvalue weighted by Crippen LogP contribution is 2.38. The van der Waals surface area contributed by atoms with E-state index in [1.54, 1.807) is 0 Å². The van der Waals surface area contributed by atoms with Crippen molar-refractivity contribution in [2.24, 2.45) is 0 Å². The Bertz CT molecular complexity index is 2930. The number of furan rings is 1. The summed E-state index contributed by atoms with van der Waals surface area (Å²) < 4.78 is 10.6. The van der Waals surface area contributed by atoms with Crippen LogP contribution in [0.3, 0.4) is 0 Å². The molecule has 9 nitrogen and oxygen atoms in total. The second-order valence-electron chi connectivity index (χ2n) is 12.6. The zero-order valence-electron chi connectivity index (χ0n) is 26.8. The van der Waals surface area contributed by atoms with Crippen LogP contribution in [-0.2, 0) is 0 Å². The van der Waals surface area contributed by atoms with Crippen molar-refractivity contribution < 1.29 is 4.42 Å². The number of nitrogens with zero attached hydrogens (tertiary/aromatic N) is 8. The number of rotatable bonds is 4. The molecule has 0 radical (unpaired) electrons. The van der Waals surface area contributed by atoms with E-state index in [-0.39, 0.29) is 0 Å². The molecule has 0 aliphatic rings. The first kappa shape index (κ1) is 27.7. The largest absolute Gasteiger partial charge is 0.419 e. The fraction of sp³-hybridized carbons (Fsp3) is 0. The van der Waals surface area contributed by atoms with Crippen LogP contribution < -0.4 is 0 Å². The molecule has 0 amide bonds. The predicted octanol–water partition coefficient (Wildman–Crippen LogP) is 9.48. The van der Waals surface area contributed by atoms with Gasteiger partial charge in [0.1, 0.15) is 0 Å². The van der Waals surface area contributed by atoms with Gasteiger partial charge in [0, 0.05) is 56.4 Å². The van der Waals surface area contributed by atoms with E-state index in [0.717, 1.165) is 88.0 Å². The maximum absolute atomic E-state index is 6.15. The first-order valence-electron chi connectivity index (χ1n) is 16.6. The third-order valence-corrected chi connectivity index (χ3v) is 9.84. The number of aromatic nitrogens is 8. The van der Waals surface area contributed by atoms with Gasteiger partial charge in [-0.1, -0.05) is 60.7 Å². The van der Waals surface area contributed by atoms with Crippen molar-refractivity contribution in [2.45, 2.75) is 0 Å². The van der Waals surface area contributed by atoms with Gasteiger partial charge in [-0.15, -0.1) is 0 Å². The van der Waals surface area contributed by atoms with E-state index in [2.05, 4.69) is 102 Å². The minimum Gasteiger partial charge on any atom is -0.419 e. The average Bonchev–Trinajstić information content (AvgIpc) is 3.85. The fourth-order valence-corrected chi connectivity index (χ4v) is 7.48. The summed E-state index contributed by atoms with van der Waals surface area (Å²) in [6, 6.07) is 38.0. The molecule has 0 aliphatic carbocycles. The lowest BCUT2D eigenvalue weighted by molar-refractivity contribution is 0.640. The first-order chi connectivity index (χ1) is 25.3. The van der Waals surface area contributed by atoms with E-state index in [1.807, 2.05) is 73.6 Å². The molecule has 0 aliphatic heterocycles. The highest BCUT2D eigenvalue weighted by atomic mass is 16.3. The van der Waals surface area contributed by atoms with Crippen LogP contribution in [0.5, 0.6) is 0 Å². The first-order valence-corrected chi connectivity index (χ1v) is 16.6. The fourth-order valence-electron chi connectivity index (χ4n) is 7.48. The normalized spacial score (nSPS) is 11.9. The lowest BCUT2D eigenvalue weighted by atomic mass is 10.0. The summed E-state index contributed by atoms with van der Waals surface area (Å²) in [5.74, 6) is 0. The molecule has 51 heavy (non-hydrogen) atoms. The van der Waals surface area contributed by atoms with Crippen molar-refractivity contribution in [1.82, 2.24) is 39.5 Å². The summed E-state index contributed by atoms with van der Waals surface area (Å²) in [6.07, 6.45) is 11.0. The van der Waals surface area contributed by atoms with Crippen LogP contribution in [-0.4, -0.2) is 39.5 Å². The van der Waals surface area contributed by atoms with E-state index in [9.17, 15) is 0 Å². The van der Waals surface area contributed by atoms with E-state index >= 15 is 0 Å². The molecule has 7 heterocycles. The molecule has 11 aromatic rings. The molecule has 7 aromatic heterocycles. The van der Waals surface area contributed by atoms with Crippen molar-refractivity contribution in [1.29, 1.82) is 0 Å². The maximum atomic E-state index is 6.15. The van der Waals surface area contributed by atoms with E-state index in [0.29, 0.717) is 11.4 Å². The Labute approximate surface area is 289 Å². The summed E-state index contributed by atoms with van der Waals surface area (Å²) >= 11 is 0. The molecule has 0 bridgehead atoms. The van der Waals surface area contributed by atoms with Gasteiger partial charge in [0.25, 0.3) is 0 Å². The summed E-state index contributed by atoms with van der Waals surface area (Å²) in [5, 5.41) is 22.9. The molecule has 11 rings (SSSR count). The zero-order chi connectivity index (χ0) is 33.5. The molecule has 0 saturated heterocycles. The topological polar surface area (TPSA) is 100 Å². The van der Waals surface area contributed by atoms with Gasteiger partial charge in [-0.2, -0.15) is 20.4 Å². The second-order valence-corrected chi connectivity index (χ2v) is 12.6. The van der Waals surface area contributed by atoms with Crippen LogP contribution in [0.2, 0.25) is 0 Å². The summed E-state index contributed by atoms with van der Waals surface area (Å²) in [5.41, 5.74) is 11.4. The van der Waals surface area contributed by atoms with Crippen LogP contribution in [0.15, 0.2) is 151 Å². The second kappa shape index (κ2) is 10.6. The van der Waals surface area contributed by atoms with Gasteiger partial charge in [-0.05, 0) is 59.7 Å². The Balaban J connectivity index is 1.07. The van der Waals surface area contributed by atoms with Crippen molar-refractivity contribution in [2.75, 3.05) is 0 Å². The summed E-state index contributed by atoms with van der Waals surface area (Å²) in [7, 11) is 0. The molecule has 4 aromatic carbocycles. The average molecular weight is 657 g/mol. The number of hydrogen-bond acceptors (Lipinski definition) is 7. The monoisotopic (exact) mass is 656 g/mol. The standard InChI is InChI=1S/C42H24N8O/c1-3-7-29(8-4-1)49-37-17-25(11-13-31(37)35-21-45-47-23-39(35)49)27-15-33-34-16-28(20-44-42(34)51-41(33)43-19-27)26-12-14-32-36-22-46-48-24-40(36)50(38(32)18-26)30-9-5-2-6-10-30/h1-24H. The van der Waals surface area contributed by atoms with Crippen LogP contribution in [0.25, 0.3) is 99.4 Å². The Hall–Kier alpha value is -7.26. The van der Waals surface area contributed by atoms with Crippen molar-refractivity contribution in [3.63, 3.8) is 0 Å². The molecule has 9 heteroatoms. The van der Waals surface area contributed by atoms with E-state index < -0.39 is 0 Å². The Kier molecular flexibility index (Phi) is 5.76. The van der Waals surface area contributed by atoms with Crippen LogP contribution in [0.4, 0.5) is 0 Å². The van der Waals surface area contributed by atoms with Crippen molar-refractivity contribution in [3.05, 3.63) is 146 Å². The zero-order valence-corrected chi connectivity index (χ0v) is 26.8. The van der Waals surface area contributed by atoms with Crippen molar-refractivity contribution >= 4 is 65.8 Å². The Morgan fingerprint density at radius 1 is 0.353 bits per heavy atom. The van der Waals surface area contributed by atoms with Gasteiger partial charge < -0.3 is 13.6 Å². The SMILES string of the molecule is c1ccc(-n2c3cnncc3c3ccc(-c4cnc5oc6ncc(-c7ccc8c9cnncc9n(-c9ccccc9)c8c7)cc6c5c4)cc32)cc1. The van der Waals surface area contributed by atoms with Crippen LogP contribution in [0, 0.1) is 0 Å². The number of para-hydroxylation sites is 2.